The molecule has 0 bridgehead atoms. The van der Waals surface area contributed by atoms with E-state index in [4.69, 9.17) is 11.6 Å². The number of carbonyl (C=O) groups is 2. The number of amides is 1. The van der Waals surface area contributed by atoms with Gasteiger partial charge in [0.15, 0.2) is 0 Å². The van der Waals surface area contributed by atoms with Crippen molar-refractivity contribution in [3.05, 3.63) is 87.7 Å². The number of carbonyl (C=O) groups excluding carboxylic acids is 1. The molecule has 1 aliphatic carbocycles. The molecule has 1 atom stereocenters. The van der Waals surface area contributed by atoms with Gasteiger partial charge in [0.05, 0.1) is 17.3 Å². The largest absolute Gasteiger partial charge is 0.507 e. The Kier molecular flexibility index (Phi) is 4.90. The van der Waals surface area contributed by atoms with Gasteiger partial charge in [-0.1, -0.05) is 29.8 Å². The molecule has 1 fully saturated rings. The van der Waals surface area contributed by atoms with Gasteiger partial charge in [-0.05, 0) is 66.6 Å². The summed E-state index contributed by atoms with van der Waals surface area (Å²) in [5.74, 6) is -2.96. The lowest BCUT2D eigenvalue weighted by Gasteiger charge is -2.19. The third-order valence-electron chi connectivity index (χ3n) is 6.19. The van der Waals surface area contributed by atoms with Gasteiger partial charge in [-0.3, -0.25) is 9.69 Å². The number of hydrogen-bond donors (Lipinski definition) is 2. The summed E-state index contributed by atoms with van der Waals surface area (Å²) in [4.78, 5) is 26.1. The van der Waals surface area contributed by atoms with Gasteiger partial charge in [-0.2, -0.15) is 0 Å². The van der Waals surface area contributed by atoms with Crippen molar-refractivity contribution in [2.75, 3.05) is 4.90 Å². The van der Waals surface area contributed by atoms with E-state index >= 15 is 0 Å². The second-order valence-electron chi connectivity index (χ2n) is 8.19. The van der Waals surface area contributed by atoms with Gasteiger partial charge in [-0.25, -0.2) is 9.18 Å². The van der Waals surface area contributed by atoms with Crippen LogP contribution in [0, 0.1) is 5.82 Å². The van der Waals surface area contributed by atoms with Gasteiger partial charge < -0.3 is 10.2 Å². The highest BCUT2D eigenvalue weighted by molar-refractivity contribution is 6.31. The molecule has 5 nitrogen and oxygen atoms in total. The van der Waals surface area contributed by atoms with E-state index in [1.54, 1.807) is 12.1 Å². The molecule has 1 heterocycles. The molecule has 3 aromatic carbocycles. The summed E-state index contributed by atoms with van der Waals surface area (Å²) in [6, 6.07) is 14.1. The smallest absolute Gasteiger partial charge is 0.339 e. The van der Waals surface area contributed by atoms with Crippen molar-refractivity contribution in [2.24, 2.45) is 0 Å². The number of aromatic carboxylic acids is 1. The summed E-state index contributed by atoms with van der Waals surface area (Å²) in [5, 5.41) is 19.9. The lowest BCUT2D eigenvalue weighted by atomic mass is 9.89. The number of anilines is 2. The number of halogens is 2. The second-order valence-corrected chi connectivity index (χ2v) is 8.60. The monoisotopic (exact) mass is 451 g/mol. The molecule has 7 heteroatoms. The molecule has 0 radical (unpaired) electrons. The Balaban J connectivity index is 1.59. The van der Waals surface area contributed by atoms with Crippen LogP contribution in [0.1, 0.15) is 51.7 Å². The number of hydrogen-bond acceptors (Lipinski definition) is 3. The minimum atomic E-state index is -1.28. The van der Waals surface area contributed by atoms with Crippen LogP contribution in [0.5, 0.6) is 5.75 Å². The highest BCUT2D eigenvalue weighted by Gasteiger charge is 2.41. The van der Waals surface area contributed by atoms with E-state index in [2.05, 4.69) is 0 Å². The van der Waals surface area contributed by atoms with Crippen molar-refractivity contribution >= 4 is 34.9 Å². The van der Waals surface area contributed by atoms with E-state index in [1.165, 1.54) is 35.2 Å². The Morgan fingerprint density at radius 2 is 1.88 bits per heavy atom. The summed E-state index contributed by atoms with van der Waals surface area (Å²) in [7, 11) is 0. The molecule has 3 aromatic rings. The number of carboxylic acid groups (broad SMARTS) is 1. The Labute approximate surface area is 188 Å². The summed E-state index contributed by atoms with van der Waals surface area (Å²) < 4.78 is 15.0. The highest BCUT2D eigenvalue weighted by Crippen LogP contribution is 2.48. The number of fused-ring (bicyclic) bond motifs is 1. The molecule has 32 heavy (non-hydrogen) atoms. The minimum Gasteiger partial charge on any atom is -0.507 e. The van der Waals surface area contributed by atoms with E-state index in [9.17, 15) is 24.2 Å². The van der Waals surface area contributed by atoms with Gasteiger partial charge in [0.2, 0.25) is 5.91 Å². The summed E-state index contributed by atoms with van der Waals surface area (Å²) in [6.45, 7) is 0. The average Bonchev–Trinajstić information content (AvgIpc) is 3.54. The van der Waals surface area contributed by atoms with Crippen LogP contribution in [0.25, 0.3) is 0 Å². The normalized spacial score (nSPS) is 17.5. The van der Waals surface area contributed by atoms with Crippen LogP contribution in [0.4, 0.5) is 15.8 Å². The quantitative estimate of drug-likeness (QED) is 0.516. The summed E-state index contributed by atoms with van der Waals surface area (Å²) in [6.07, 6.45) is 2.39. The molecule has 1 amide bonds. The van der Waals surface area contributed by atoms with Crippen LogP contribution >= 0.6 is 11.6 Å². The lowest BCUT2D eigenvalue weighted by molar-refractivity contribution is -0.118. The van der Waals surface area contributed by atoms with Crippen molar-refractivity contribution in [1.29, 1.82) is 0 Å². The Hall–Kier alpha value is -3.38. The van der Waals surface area contributed by atoms with Gasteiger partial charge >= 0.3 is 5.97 Å². The lowest BCUT2D eigenvalue weighted by Crippen LogP contribution is -2.25. The molecule has 1 saturated carbocycles. The number of carboxylic acids is 1. The van der Waals surface area contributed by atoms with Gasteiger partial charge in [0.25, 0.3) is 0 Å². The fourth-order valence-corrected chi connectivity index (χ4v) is 4.79. The Morgan fingerprint density at radius 3 is 2.56 bits per heavy atom. The number of aromatic hydroxyl groups is 1. The third-order valence-corrected chi connectivity index (χ3v) is 6.54. The number of nitrogens with zero attached hydrogens (tertiary/aromatic N) is 1. The van der Waals surface area contributed by atoms with Crippen molar-refractivity contribution in [1.82, 2.24) is 0 Å². The first-order valence-corrected chi connectivity index (χ1v) is 10.7. The molecule has 0 saturated heterocycles. The van der Waals surface area contributed by atoms with Crippen LogP contribution in [-0.4, -0.2) is 22.1 Å². The molecule has 0 aromatic heterocycles. The van der Waals surface area contributed by atoms with Crippen molar-refractivity contribution in [2.45, 2.75) is 31.1 Å². The van der Waals surface area contributed by atoms with E-state index < -0.39 is 23.5 Å². The van der Waals surface area contributed by atoms with Crippen molar-refractivity contribution in [3.63, 3.8) is 0 Å². The fourth-order valence-electron chi connectivity index (χ4n) is 4.53. The highest BCUT2D eigenvalue weighted by atomic mass is 35.5. The van der Waals surface area contributed by atoms with Crippen molar-refractivity contribution < 1.29 is 24.2 Å². The average molecular weight is 452 g/mol. The van der Waals surface area contributed by atoms with Gasteiger partial charge in [0.1, 0.15) is 17.1 Å². The Morgan fingerprint density at radius 1 is 1.12 bits per heavy atom. The molecule has 162 valence electrons. The van der Waals surface area contributed by atoms with E-state index in [-0.39, 0.29) is 29.1 Å². The first-order chi connectivity index (χ1) is 15.4. The number of rotatable bonds is 5. The first kappa shape index (κ1) is 20.5. The third kappa shape index (κ3) is 3.31. The maximum Gasteiger partial charge on any atom is 0.339 e. The number of benzene rings is 3. The fraction of sp³-hybridized carbons (Fsp3) is 0.200. The van der Waals surface area contributed by atoms with Gasteiger partial charge in [-0.15, -0.1) is 0 Å². The maximum atomic E-state index is 15.0. The van der Waals surface area contributed by atoms with Crippen LogP contribution in [0.2, 0.25) is 5.02 Å². The molecule has 1 aliphatic heterocycles. The zero-order valence-electron chi connectivity index (χ0n) is 16.9. The standard InChI is InChI=1S/C25H19ClFNO4/c26-19-4-1-3-15(13-7-8-13)17(19)12-18-23-20(27)5-2-6-21(23)28(24(18)30)14-9-10-16(25(31)32)22(29)11-14/h1-6,9-11,13,18,29H,7-8,12H2,(H,31,32). The molecule has 0 spiro atoms. The zero-order chi connectivity index (χ0) is 22.6. The van der Waals surface area contributed by atoms with E-state index in [0.29, 0.717) is 16.6 Å². The van der Waals surface area contributed by atoms with Crippen LogP contribution < -0.4 is 4.90 Å². The molecule has 2 N–H and O–H groups in total. The predicted molar refractivity (Wildman–Crippen MR) is 118 cm³/mol. The van der Waals surface area contributed by atoms with Crippen LogP contribution in [0.15, 0.2) is 54.6 Å². The van der Waals surface area contributed by atoms with E-state index in [1.807, 2.05) is 12.1 Å². The molecule has 5 rings (SSSR count). The van der Waals surface area contributed by atoms with Gasteiger partial charge in [0, 0.05) is 16.7 Å². The predicted octanol–water partition coefficient (Wildman–Crippen LogP) is 5.76. The topological polar surface area (TPSA) is 77.8 Å². The maximum absolute atomic E-state index is 15.0. The van der Waals surface area contributed by atoms with Crippen LogP contribution in [0.3, 0.4) is 0 Å². The molecular weight excluding hydrogens is 433 g/mol. The minimum absolute atomic E-state index is 0.258. The number of phenols is 1. The van der Waals surface area contributed by atoms with Crippen LogP contribution in [-0.2, 0) is 11.2 Å². The SMILES string of the molecule is O=C(O)c1ccc(N2C(=O)C(Cc3c(Cl)cccc3C3CC3)c3c(F)cccc32)cc1O. The zero-order valence-corrected chi connectivity index (χ0v) is 17.6. The Bertz CT molecular complexity index is 1270. The molecule has 1 unspecified atom stereocenters. The van der Waals surface area contributed by atoms with E-state index in [0.717, 1.165) is 24.0 Å². The summed E-state index contributed by atoms with van der Waals surface area (Å²) >= 11 is 6.51. The second kappa shape index (κ2) is 7.64. The molecule has 2 aliphatic rings. The first-order valence-electron chi connectivity index (χ1n) is 10.3. The molecular formula is C25H19ClFNO4. The summed E-state index contributed by atoms with van der Waals surface area (Å²) in [5.41, 5.74) is 2.61. The van der Waals surface area contributed by atoms with Crippen molar-refractivity contribution in [3.8, 4) is 5.75 Å².